The van der Waals surface area contributed by atoms with Gasteiger partial charge in [0.15, 0.2) is 0 Å². The summed E-state index contributed by atoms with van der Waals surface area (Å²) in [7, 11) is 0. The standard InChI is InChI=1S/C23H35N/c1-2-3-7-20-9-13-22(14-10-20)17-18-23-15-11-21(12-16-23)8-5-4-6-19-24/h4-6,8,17-18,20-23H,2-3,7,9-16H2,1H3. The van der Waals surface area contributed by atoms with Crippen molar-refractivity contribution in [1.82, 2.24) is 0 Å². The summed E-state index contributed by atoms with van der Waals surface area (Å²) >= 11 is 0. The van der Waals surface area contributed by atoms with Crippen LogP contribution in [-0.4, -0.2) is 0 Å². The Labute approximate surface area is 149 Å². The van der Waals surface area contributed by atoms with Gasteiger partial charge in [-0.2, -0.15) is 5.26 Å². The summed E-state index contributed by atoms with van der Waals surface area (Å²) in [6.45, 7) is 2.31. The van der Waals surface area contributed by atoms with Crippen molar-refractivity contribution in [3.05, 3.63) is 36.5 Å². The van der Waals surface area contributed by atoms with Gasteiger partial charge >= 0.3 is 0 Å². The minimum atomic E-state index is 0.715. The molecule has 2 rings (SSSR count). The van der Waals surface area contributed by atoms with Crippen molar-refractivity contribution in [1.29, 1.82) is 5.26 Å². The Kier molecular flexibility index (Phi) is 8.96. The van der Waals surface area contributed by atoms with Crippen LogP contribution in [0, 0.1) is 35.0 Å². The van der Waals surface area contributed by atoms with Crippen LogP contribution in [0.1, 0.15) is 77.6 Å². The molecule has 0 aromatic heterocycles. The van der Waals surface area contributed by atoms with Crippen LogP contribution in [0.25, 0.3) is 0 Å². The molecule has 0 bridgehead atoms. The summed E-state index contributed by atoms with van der Waals surface area (Å²) in [4.78, 5) is 0. The first-order valence-corrected chi connectivity index (χ1v) is 10.2. The van der Waals surface area contributed by atoms with Crippen molar-refractivity contribution in [2.45, 2.75) is 77.6 Å². The Balaban J connectivity index is 1.63. The van der Waals surface area contributed by atoms with Gasteiger partial charge in [0.05, 0.1) is 6.07 Å². The van der Waals surface area contributed by atoms with E-state index in [-0.39, 0.29) is 0 Å². The van der Waals surface area contributed by atoms with Crippen LogP contribution < -0.4 is 0 Å². The fourth-order valence-corrected chi connectivity index (χ4v) is 4.33. The zero-order chi connectivity index (χ0) is 17.0. The van der Waals surface area contributed by atoms with Crippen molar-refractivity contribution in [2.24, 2.45) is 23.7 Å². The molecule has 0 unspecified atom stereocenters. The second-order valence-electron chi connectivity index (χ2n) is 7.86. The molecule has 0 aromatic carbocycles. The second kappa shape index (κ2) is 11.3. The molecule has 0 N–H and O–H groups in total. The quantitative estimate of drug-likeness (QED) is 0.281. The number of unbranched alkanes of at least 4 members (excludes halogenated alkanes) is 1. The highest BCUT2D eigenvalue weighted by Crippen LogP contribution is 2.34. The summed E-state index contributed by atoms with van der Waals surface area (Å²) in [6.07, 6.45) is 28.1. The molecule has 2 fully saturated rings. The first-order valence-electron chi connectivity index (χ1n) is 10.2. The van der Waals surface area contributed by atoms with E-state index in [4.69, 9.17) is 5.26 Å². The zero-order valence-electron chi connectivity index (χ0n) is 15.5. The fourth-order valence-electron chi connectivity index (χ4n) is 4.33. The van der Waals surface area contributed by atoms with Crippen LogP contribution in [0.3, 0.4) is 0 Å². The first kappa shape index (κ1) is 19.0. The maximum absolute atomic E-state index is 8.48. The fraction of sp³-hybridized carbons (Fsp3) is 0.696. The van der Waals surface area contributed by atoms with Gasteiger partial charge in [-0.15, -0.1) is 0 Å². The first-order chi connectivity index (χ1) is 11.8. The highest BCUT2D eigenvalue weighted by molar-refractivity contribution is 5.12. The molecule has 0 heterocycles. The molecule has 0 atom stereocenters. The van der Waals surface area contributed by atoms with Gasteiger partial charge in [0, 0.05) is 6.08 Å². The molecule has 24 heavy (non-hydrogen) atoms. The zero-order valence-corrected chi connectivity index (χ0v) is 15.5. The van der Waals surface area contributed by atoms with E-state index in [0.717, 1.165) is 17.8 Å². The molecule has 1 heteroatoms. The van der Waals surface area contributed by atoms with E-state index in [1.165, 1.54) is 70.6 Å². The molecule has 0 saturated heterocycles. The summed E-state index contributed by atoms with van der Waals surface area (Å²) in [6, 6.07) is 2.03. The van der Waals surface area contributed by atoms with Crippen LogP contribution in [0.5, 0.6) is 0 Å². The van der Waals surface area contributed by atoms with Gasteiger partial charge in [0.2, 0.25) is 0 Å². The Hall–Kier alpha value is -1.29. The monoisotopic (exact) mass is 325 g/mol. The number of rotatable bonds is 7. The molecule has 0 amide bonds. The van der Waals surface area contributed by atoms with Gasteiger partial charge in [-0.3, -0.25) is 0 Å². The maximum Gasteiger partial charge on any atom is 0.0912 e. The Bertz CT molecular complexity index is 449. The average molecular weight is 326 g/mol. The predicted molar refractivity (Wildman–Crippen MR) is 103 cm³/mol. The maximum atomic E-state index is 8.48. The van der Waals surface area contributed by atoms with Crippen LogP contribution in [0.4, 0.5) is 0 Å². The number of hydrogen-bond acceptors (Lipinski definition) is 1. The third kappa shape index (κ3) is 7.08. The van der Waals surface area contributed by atoms with Gasteiger partial charge in [-0.25, -0.2) is 0 Å². The highest BCUT2D eigenvalue weighted by Gasteiger charge is 2.20. The molecular weight excluding hydrogens is 290 g/mol. The summed E-state index contributed by atoms with van der Waals surface area (Å²) in [5.74, 6) is 3.40. The van der Waals surface area contributed by atoms with E-state index < -0.39 is 0 Å². The average Bonchev–Trinajstić information content (AvgIpc) is 2.64. The minimum Gasteiger partial charge on any atom is -0.193 e. The molecule has 2 aliphatic rings. The van der Waals surface area contributed by atoms with Crippen molar-refractivity contribution >= 4 is 0 Å². The van der Waals surface area contributed by atoms with Gasteiger partial charge in [-0.05, 0) is 75.0 Å². The third-order valence-electron chi connectivity index (χ3n) is 5.99. The van der Waals surface area contributed by atoms with Gasteiger partial charge in [-0.1, -0.05) is 56.6 Å². The number of nitriles is 1. The minimum absolute atomic E-state index is 0.715. The lowest BCUT2D eigenvalue weighted by molar-refractivity contribution is 0.289. The molecular formula is C23H35N. The summed E-state index contributed by atoms with van der Waals surface area (Å²) in [5.41, 5.74) is 0. The Morgan fingerprint density at radius 3 is 1.88 bits per heavy atom. The van der Waals surface area contributed by atoms with Gasteiger partial charge in [0.25, 0.3) is 0 Å². The van der Waals surface area contributed by atoms with E-state index in [0.29, 0.717) is 5.92 Å². The number of nitrogens with zero attached hydrogens (tertiary/aromatic N) is 1. The lowest BCUT2D eigenvalue weighted by Crippen LogP contribution is -2.14. The normalized spacial score (nSPS) is 31.8. The molecule has 0 aliphatic heterocycles. The largest absolute Gasteiger partial charge is 0.193 e. The van der Waals surface area contributed by atoms with E-state index >= 15 is 0 Å². The Morgan fingerprint density at radius 1 is 0.792 bits per heavy atom. The summed E-state index contributed by atoms with van der Waals surface area (Å²) < 4.78 is 0. The van der Waals surface area contributed by atoms with E-state index in [9.17, 15) is 0 Å². The number of hydrogen-bond donors (Lipinski definition) is 0. The molecule has 2 aliphatic carbocycles. The molecule has 0 radical (unpaired) electrons. The van der Waals surface area contributed by atoms with E-state index in [2.05, 4.69) is 25.2 Å². The highest BCUT2D eigenvalue weighted by atomic mass is 14.3. The van der Waals surface area contributed by atoms with Crippen molar-refractivity contribution in [2.75, 3.05) is 0 Å². The van der Waals surface area contributed by atoms with Gasteiger partial charge in [0.1, 0.15) is 0 Å². The predicted octanol–water partition coefficient (Wildman–Crippen LogP) is 6.98. The van der Waals surface area contributed by atoms with E-state index in [1.54, 1.807) is 6.08 Å². The summed E-state index contributed by atoms with van der Waals surface area (Å²) in [5, 5.41) is 8.48. The third-order valence-corrected chi connectivity index (χ3v) is 5.99. The smallest absolute Gasteiger partial charge is 0.0912 e. The Morgan fingerprint density at radius 2 is 1.33 bits per heavy atom. The van der Waals surface area contributed by atoms with Crippen molar-refractivity contribution in [3.8, 4) is 6.07 Å². The molecule has 1 nitrogen and oxygen atoms in total. The van der Waals surface area contributed by atoms with Crippen molar-refractivity contribution < 1.29 is 0 Å². The van der Waals surface area contributed by atoms with E-state index in [1.807, 2.05) is 18.2 Å². The van der Waals surface area contributed by atoms with Crippen molar-refractivity contribution in [3.63, 3.8) is 0 Å². The van der Waals surface area contributed by atoms with Crippen LogP contribution >= 0.6 is 0 Å². The lowest BCUT2D eigenvalue weighted by atomic mass is 9.78. The van der Waals surface area contributed by atoms with Crippen LogP contribution in [0.15, 0.2) is 36.5 Å². The molecule has 132 valence electrons. The topological polar surface area (TPSA) is 23.8 Å². The number of allylic oxidation sites excluding steroid dienone is 6. The molecule has 2 saturated carbocycles. The molecule has 0 aromatic rings. The van der Waals surface area contributed by atoms with Gasteiger partial charge < -0.3 is 0 Å². The van der Waals surface area contributed by atoms with Crippen LogP contribution in [0.2, 0.25) is 0 Å². The lowest BCUT2D eigenvalue weighted by Gasteiger charge is -2.28. The SMILES string of the molecule is CCCCC1CCC(C=CC2CCC(C=CC=CC#N)CC2)CC1. The van der Waals surface area contributed by atoms with Crippen LogP contribution in [-0.2, 0) is 0 Å². The second-order valence-corrected chi connectivity index (χ2v) is 7.86. The molecule has 0 spiro atoms.